The molecule has 0 spiro atoms. The monoisotopic (exact) mass is 302 g/mol. The van der Waals surface area contributed by atoms with Crippen LogP contribution in [-0.2, 0) is 11.2 Å². The van der Waals surface area contributed by atoms with E-state index in [1.54, 1.807) is 25.1 Å². The minimum atomic E-state index is -0.316. The quantitative estimate of drug-likeness (QED) is 0.860. The summed E-state index contributed by atoms with van der Waals surface area (Å²) >= 11 is 0. The maximum Gasteiger partial charge on any atom is 0.338 e. The van der Waals surface area contributed by atoms with Crippen LogP contribution in [0.5, 0.6) is 0 Å². The Kier molecular flexibility index (Phi) is 4.73. The summed E-state index contributed by atoms with van der Waals surface area (Å²) in [4.78, 5) is 16.3. The van der Waals surface area contributed by atoms with E-state index in [0.717, 1.165) is 48.8 Å². The number of nitrogens with zero attached hydrogens (tertiary/aromatic N) is 1. The van der Waals surface area contributed by atoms with Gasteiger partial charge in [0.15, 0.2) is 11.5 Å². The van der Waals surface area contributed by atoms with Crippen LogP contribution in [0, 0.1) is 5.92 Å². The number of esters is 1. The molecule has 22 heavy (non-hydrogen) atoms. The predicted octanol–water partition coefficient (Wildman–Crippen LogP) is 2.94. The second-order valence-electron chi connectivity index (χ2n) is 5.74. The first kappa shape index (κ1) is 15.0. The molecule has 118 valence electrons. The summed E-state index contributed by atoms with van der Waals surface area (Å²) in [6, 6.07) is 5.26. The number of oxazole rings is 1. The molecule has 0 unspecified atom stereocenters. The van der Waals surface area contributed by atoms with Gasteiger partial charge in [0.1, 0.15) is 5.52 Å². The number of aromatic nitrogens is 1. The van der Waals surface area contributed by atoms with Gasteiger partial charge >= 0.3 is 5.97 Å². The highest BCUT2D eigenvalue weighted by atomic mass is 16.5. The summed E-state index contributed by atoms with van der Waals surface area (Å²) < 4.78 is 10.8. The van der Waals surface area contributed by atoms with Crippen molar-refractivity contribution >= 4 is 17.1 Å². The van der Waals surface area contributed by atoms with Crippen LogP contribution >= 0.6 is 0 Å². The first-order valence-corrected chi connectivity index (χ1v) is 8.03. The molecule has 5 nitrogen and oxygen atoms in total. The Morgan fingerprint density at radius 1 is 1.41 bits per heavy atom. The van der Waals surface area contributed by atoms with E-state index in [1.165, 1.54) is 12.8 Å². The van der Waals surface area contributed by atoms with Gasteiger partial charge in [-0.3, -0.25) is 0 Å². The third kappa shape index (κ3) is 3.47. The second kappa shape index (κ2) is 6.92. The molecule has 1 aliphatic heterocycles. The molecule has 0 bridgehead atoms. The number of aryl methyl sites for hydroxylation is 1. The summed E-state index contributed by atoms with van der Waals surface area (Å²) in [5, 5.41) is 3.38. The fourth-order valence-corrected chi connectivity index (χ4v) is 2.92. The summed E-state index contributed by atoms with van der Waals surface area (Å²) in [5.74, 6) is 1.20. The van der Waals surface area contributed by atoms with Crippen LogP contribution in [0.1, 0.15) is 42.4 Å². The number of nitrogens with one attached hydrogen (secondary N) is 1. The molecule has 0 radical (unpaired) electrons. The number of fused-ring (bicyclic) bond motifs is 1. The van der Waals surface area contributed by atoms with Crippen molar-refractivity contribution in [1.29, 1.82) is 0 Å². The standard InChI is InChI=1S/C17H22N2O3/c1-2-21-17(20)13-4-5-15-14(11-13)19-16(22-15)6-3-12-7-9-18-10-8-12/h4-5,11-12,18H,2-3,6-10H2,1H3. The van der Waals surface area contributed by atoms with E-state index >= 15 is 0 Å². The van der Waals surface area contributed by atoms with Gasteiger partial charge in [-0.1, -0.05) is 0 Å². The Morgan fingerprint density at radius 3 is 3.00 bits per heavy atom. The molecule has 1 N–H and O–H groups in total. The highest BCUT2D eigenvalue weighted by Crippen LogP contribution is 2.22. The van der Waals surface area contributed by atoms with E-state index < -0.39 is 0 Å². The Balaban J connectivity index is 1.68. The molecule has 1 aromatic heterocycles. The molecular formula is C17H22N2O3. The Labute approximate surface area is 130 Å². The maximum absolute atomic E-state index is 11.7. The van der Waals surface area contributed by atoms with Crippen molar-refractivity contribution in [2.75, 3.05) is 19.7 Å². The van der Waals surface area contributed by atoms with Crippen LogP contribution in [0.15, 0.2) is 22.6 Å². The highest BCUT2D eigenvalue weighted by Gasteiger charge is 2.15. The Bertz CT molecular complexity index is 644. The summed E-state index contributed by atoms with van der Waals surface area (Å²) in [6.07, 6.45) is 4.42. The molecule has 3 rings (SSSR count). The molecule has 2 aromatic rings. The zero-order valence-electron chi connectivity index (χ0n) is 12.9. The third-order valence-electron chi connectivity index (χ3n) is 4.17. The largest absolute Gasteiger partial charge is 0.462 e. The van der Waals surface area contributed by atoms with Crippen LogP contribution in [-0.4, -0.2) is 30.6 Å². The van der Waals surface area contributed by atoms with Gasteiger partial charge in [0, 0.05) is 6.42 Å². The molecule has 0 amide bonds. The minimum Gasteiger partial charge on any atom is -0.462 e. The van der Waals surface area contributed by atoms with Crippen molar-refractivity contribution in [3.63, 3.8) is 0 Å². The van der Waals surface area contributed by atoms with Gasteiger partial charge in [0.25, 0.3) is 0 Å². The van der Waals surface area contributed by atoms with Crippen molar-refractivity contribution in [2.45, 2.75) is 32.6 Å². The van der Waals surface area contributed by atoms with Crippen molar-refractivity contribution in [1.82, 2.24) is 10.3 Å². The Hall–Kier alpha value is -1.88. The first-order valence-electron chi connectivity index (χ1n) is 8.03. The molecule has 1 fully saturated rings. The molecule has 0 atom stereocenters. The van der Waals surface area contributed by atoms with Crippen molar-refractivity contribution in [3.8, 4) is 0 Å². The number of piperidine rings is 1. The molecule has 0 saturated carbocycles. The van der Waals surface area contributed by atoms with Gasteiger partial charge in [0.05, 0.1) is 12.2 Å². The van der Waals surface area contributed by atoms with E-state index in [-0.39, 0.29) is 5.97 Å². The highest BCUT2D eigenvalue weighted by molar-refractivity contribution is 5.93. The van der Waals surface area contributed by atoms with E-state index in [9.17, 15) is 4.79 Å². The molecule has 1 aromatic carbocycles. The molecule has 5 heteroatoms. The molecule has 2 heterocycles. The zero-order chi connectivity index (χ0) is 15.4. The van der Waals surface area contributed by atoms with E-state index in [0.29, 0.717) is 12.2 Å². The first-order chi connectivity index (χ1) is 10.8. The zero-order valence-corrected chi connectivity index (χ0v) is 12.9. The van der Waals surface area contributed by atoms with E-state index in [4.69, 9.17) is 9.15 Å². The number of benzene rings is 1. The summed E-state index contributed by atoms with van der Waals surface area (Å²) in [5.41, 5.74) is 1.98. The summed E-state index contributed by atoms with van der Waals surface area (Å²) in [6.45, 7) is 4.39. The fraction of sp³-hybridized carbons (Fsp3) is 0.529. The number of carbonyl (C=O) groups excluding carboxylic acids is 1. The average Bonchev–Trinajstić information content (AvgIpc) is 2.96. The smallest absolute Gasteiger partial charge is 0.338 e. The number of ether oxygens (including phenoxy) is 1. The third-order valence-corrected chi connectivity index (χ3v) is 4.17. The maximum atomic E-state index is 11.7. The second-order valence-corrected chi connectivity index (χ2v) is 5.74. The lowest BCUT2D eigenvalue weighted by atomic mass is 9.93. The SMILES string of the molecule is CCOC(=O)c1ccc2oc(CCC3CCNCC3)nc2c1. The van der Waals surface area contributed by atoms with Gasteiger partial charge < -0.3 is 14.5 Å². The van der Waals surface area contributed by atoms with Crippen LogP contribution in [0.3, 0.4) is 0 Å². The summed E-state index contributed by atoms with van der Waals surface area (Å²) in [7, 11) is 0. The van der Waals surface area contributed by atoms with Crippen molar-refractivity contribution < 1.29 is 13.9 Å². The molecule has 0 aliphatic carbocycles. The van der Waals surface area contributed by atoms with Gasteiger partial charge in [-0.15, -0.1) is 0 Å². The lowest BCUT2D eigenvalue weighted by molar-refractivity contribution is 0.0526. The number of hydrogen-bond acceptors (Lipinski definition) is 5. The number of hydrogen-bond donors (Lipinski definition) is 1. The van der Waals surface area contributed by atoms with E-state index in [1.807, 2.05) is 0 Å². The van der Waals surface area contributed by atoms with Crippen LogP contribution in [0.4, 0.5) is 0 Å². The predicted molar refractivity (Wildman–Crippen MR) is 83.9 cm³/mol. The Morgan fingerprint density at radius 2 is 2.23 bits per heavy atom. The average molecular weight is 302 g/mol. The van der Waals surface area contributed by atoms with Crippen LogP contribution < -0.4 is 5.32 Å². The normalized spacial score (nSPS) is 16.0. The number of rotatable bonds is 5. The minimum absolute atomic E-state index is 0.316. The van der Waals surface area contributed by atoms with Crippen molar-refractivity contribution in [2.24, 2.45) is 5.92 Å². The van der Waals surface area contributed by atoms with Crippen LogP contribution in [0.2, 0.25) is 0 Å². The van der Waals surface area contributed by atoms with E-state index in [2.05, 4.69) is 10.3 Å². The van der Waals surface area contributed by atoms with Crippen LogP contribution in [0.25, 0.3) is 11.1 Å². The molecular weight excluding hydrogens is 280 g/mol. The molecule has 1 saturated heterocycles. The lowest BCUT2D eigenvalue weighted by Gasteiger charge is -2.21. The number of carbonyl (C=O) groups is 1. The molecule has 1 aliphatic rings. The van der Waals surface area contributed by atoms with Gasteiger partial charge in [0.2, 0.25) is 0 Å². The van der Waals surface area contributed by atoms with Gasteiger partial charge in [-0.05, 0) is 63.4 Å². The lowest BCUT2D eigenvalue weighted by Crippen LogP contribution is -2.27. The van der Waals surface area contributed by atoms with Crippen molar-refractivity contribution in [3.05, 3.63) is 29.7 Å². The fourth-order valence-electron chi connectivity index (χ4n) is 2.92. The topological polar surface area (TPSA) is 64.4 Å². The van der Waals surface area contributed by atoms with Gasteiger partial charge in [-0.25, -0.2) is 9.78 Å². The van der Waals surface area contributed by atoms with Gasteiger partial charge in [-0.2, -0.15) is 0 Å².